The summed E-state index contributed by atoms with van der Waals surface area (Å²) in [5.41, 5.74) is 6.48. The molecule has 1 aromatic carbocycles. The van der Waals surface area contributed by atoms with Crippen molar-refractivity contribution in [1.29, 1.82) is 0 Å². The van der Waals surface area contributed by atoms with E-state index in [0.717, 1.165) is 24.3 Å². The molecule has 0 aliphatic heterocycles. The minimum absolute atomic E-state index is 0.107. The molecule has 0 aliphatic rings. The maximum Gasteiger partial charge on any atom is 0.134 e. The molecule has 0 aliphatic carbocycles. The first-order chi connectivity index (χ1) is 7.24. The van der Waals surface area contributed by atoms with Crippen molar-refractivity contribution in [2.24, 2.45) is 5.73 Å². The van der Waals surface area contributed by atoms with E-state index in [1.165, 1.54) is 0 Å². The van der Waals surface area contributed by atoms with Gasteiger partial charge in [0, 0.05) is 0 Å². The summed E-state index contributed by atoms with van der Waals surface area (Å²) in [6, 6.07) is 7.66. The van der Waals surface area contributed by atoms with Crippen LogP contribution in [0.4, 0.5) is 0 Å². The Morgan fingerprint density at radius 1 is 1.40 bits per heavy atom. The third-order valence-corrected chi connectivity index (χ3v) is 1.78. The second kappa shape index (κ2) is 6.10. The van der Waals surface area contributed by atoms with Crippen LogP contribution in [0.25, 0.3) is 0 Å². The lowest BCUT2D eigenvalue weighted by molar-refractivity contribution is 0.316. The Balaban J connectivity index is 2.83. The van der Waals surface area contributed by atoms with E-state index in [0.29, 0.717) is 0 Å². The lowest BCUT2D eigenvalue weighted by Crippen LogP contribution is -2.11. The fraction of sp³-hybridized carbons (Fsp3) is 0.385. The fourth-order valence-electron chi connectivity index (χ4n) is 1.10. The Morgan fingerprint density at radius 2 is 2.13 bits per heavy atom. The van der Waals surface area contributed by atoms with Crippen LogP contribution in [-0.2, 0) is 0 Å². The van der Waals surface area contributed by atoms with Gasteiger partial charge in [-0.15, -0.1) is 0 Å². The summed E-state index contributed by atoms with van der Waals surface area (Å²) in [5, 5.41) is 0. The number of hydrogen-bond acceptors (Lipinski definition) is 2. The summed E-state index contributed by atoms with van der Waals surface area (Å²) in [5.74, 6) is 6.79. The molecule has 1 rings (SSSR count). The summed E-state index contributed by atoms with van der Waals surface area (Å²) in [7, 11) is 0. The highest BCUT2D eigenvalue weighted by atomic mass is 16.5. The molecule has 0 bridgehead atoms. The molecule has 0 heterocycles. The molecule has 0 spiro atoms. The zero-order chi connectivity index (χ0) is 11.1. The van der Waals surface area contributed by atoms with Crippen molar-refractivity contribution in [2.75, 3.05) is 6.61 Å². The van der Waals surface area contributed by atoms with Crippen molar-refractivity contribution >= 4 is 0 Å². The molecule has 2 N–H and O–H groups in total. The summed E-state index contributed by atoms with van der Waals surface area (Å²) < 4.78 is 5.58. The molecule has 2 nitrogen and oxygen atoms in total. The molecule has 0 saturated heterocycles. The van der Waals surface area contributed by atoms with Crippen molar-refractivity contribution in [3.63, 3.8) is 0 Å². The smallest absolute Gasteiger partial charge is 0.134 e. The second-order valence-corrected chi connectivity index (χ2v) is 3.40. The summed E-state index contributed by atoms with van der Waals surface area (Å²) in [6.45, 7) is 4.66. The molecule has 0 saturated carbocycles. The molecule has 1 atom stereocenters. The van der Waals surface area contributed by atoms with Crippen molar-refractivity contribution in [2.45, 2.75) is 26.3 Å². The van der Waals surface area contributed by atoms with Gasteiger partial charge in [-0.1, -0.05) is 30.9 Å². The quantitative estimate of drug-likeness (QED) is 0.764. The molecule has 0 radical (unpaired) electrons. The van der Waals surface area contributed by atoms with Gasteiger partial charge < -0.3 is 10.5 Å². The van der Waals surface area contributed by atoms with Gasteiger partial charge in [-0.2, -0.15) is 0 Å². The van der Waals surface area contributed by atoms with E-state index >= 15 is 0 Å². The molecule has 0 amide bonds. The highest BCUT2D eigenvalue weighted by molar-refractivity contribution is 5.46. The molecular formula is C13H17NO. The lowest BCUT2D eigenvalue weighted by atomic mass is 10.2. The van der Waals surface area contributed by atoms with Crippen molar-refractivity contribution < 1.29 is 4.74 Å². The van der Waals surface area contributed by atoms with Gasteiger partial charge in [0.25, 0.3) is 0 Å². The van der Waals surface area contributed by atoms with Gasteiger partial charge in [-0.05, 0) is 25.5 Å². The van der Waals surface area contributed by atoms with Crippen LogP contribution in [0.15, 0.2) is 24.3 Å². The van der Waals surface area contributed by atoms with Crippen LogP contribution < -0.4 is 10.5 Å². The Morgan fingerprint density at radius 3 is 2.80 bits per heavy atom. The molecule has 2 heteroatoms. The summed E-state index contributed by atoms with van der Waals surface area (Å²) >= 11 is 0. The highest BCUT2D eigenvalue weighted by Crippen LogP contribution is 2.16. The first kappa shape index (κ1) is 11.6. The molecule has 0 fully saturated rings. The maximum atomic E-state index is 5.58. The van der Waals surface area contributed by atoms with Crippen LogP contribution in [0.1, 0.15) is 25.8 Å². The standard InChI is InChI=1S/C13H17NO/c1-3-10-15-13-7-5-4-6-12(13)9-8-11(2)14/h4-7,11H,3,10,14H2,1-2H3. The molecule has 0 aromatic heterocycles. The predicted octanol–water partition coefficient (Wildman–Crippen LogP) is 2.17. The second-order valence-electron chi connectivity index (χ2n) is 3.40. The first-order valence-corrected chi connectivity index (χ1v) is 5.23. The van der Waals surface area contributed by atoms with E-state index < -0.39 is 0 Å². The van der Waals surface area contributed by atoms with Crippen LogP contribution in [0, 0.1) is 11.8 Å². The number of hydrogen-bond donors (Lipinski definition) is 1. The van der Waals surface area contributed by atoms with Crippen LogP contribution in [-0.4, -0.2) is 12.6 Å². The number of benzene rings is 1. The Labute approximate surface area is 91.4 Å². The first-order valence-electron chi connectivity index (χ1n) is 5.23. The number of rotatable bonds is 3. The molecule has 1 unspecified atom stereocenters. The zero-order valence-corrected chi connectivity index (χ0v) is 9.29. The van der Waals surface area contributed by atoms with Crippen molar-refractivity contribution in [1.82, 2.24) is 0 Å². The molecule has 1 aromatic rings. The van der Waals surface area contributed by atoms with Gasteiger partial charge in [0.15, 0.2) is 0 Å². The zero-order valence-electron chi connectivity index (χ0n) is 9.29. The number of nitrogens with two attached hydrogens (primary N) is 1. The van der Waals surface area contributed by atoms with Gasteiger partial charge in [-0.25, -0.2) is 0 Å². The molecule has 80 valence electrons. The third kappa shape index (κ3) is 4.05. The van der Waals surface area contributed by atoms with Crippen LogP contribution >= 0.6 is 0 Å². The van der Waals surface area contributed by atoms with Crippen molar-refractivity contribution in [3.05, 3.63) is 29.8 Å². The van der Waals surface area contributed by atoms with E-state index in [1.54, 1.807) is 0 Å². The minimum atomic E-state index is -0.107. The van der Waals surface area contributed by atoms with Gasteiger partial charge in [0.2, 0.25) is 0 Å². The molecule has 15 heavy (non-hydrogen) atoms. The minimum Gasteiger partial charge on any atom is -0.492 e. The average molecular weight is 203 g/mol. The number of ether oxygens (including phenoxy) is 1. The van der Waals surface area contributed by atoms with Gasteiger partial charge in [0.1, 0.15) is 5.75 Å². The van der Waals surface area contributed by atoms with Gasteiger partial charge in [-0.3, -0.25) is 0 Å². The fourth-order valence-corrected chi connectivity index (χ4v) is 1.10. The average Bonchev–Trinajstić information content (AvgIpc) is 2.24. The van der Waals surface area contributed by atoms with Crippen LogP contribution in [0.5, 0.6) is 5.75 Å². The van der Waals surface area contributed by atoms with Crippen LogP contribution in [0.3, 0.4) is 0 Å². The van der Waals surface area contributed by atoms with E-state index in [4.69, 9.17) is 10.5 Å². The molecular weight excluding hydrogens is 186 g/mol. The van der Waals surface area contributed by atoms with E-state index in [2.05, 4.69) is 18.8 Å². The monoisotopic (exact) mass is 203 g/mol. The normalized spacial score (nSPS) is 11.4. The Bertz CT molecular complexity index is 360. The van der Waals surface area contributed by atoms with Gasteiger partial charge >= 0.3 is 0 Å². The summed E-state index contributed by atoms with van der Waals surface area (Å²) in [4.78, 5) is 0. The lowest BCUT2D eigenvalue weighted by Gasteiger charge is -2.06. The van der Waals surface area contributed by atoms with E-state index in [9.17, 15) is 0 Å². The maximum absolute atomic E-state index is 5.58. The largest absolute Gasteiger partial charge is 0.492 e. The third-order valence-electron chi connectivity index (χ3n) is 1.78. The van der Waals surface area contributed by atoms with Crippen molar-refractivity contribution in [3.8, 4) is 17.6 Å². The van der Waals surface area contributed by atoms with Gasteiger partial charge in [0.05, 0.1) is 18.2 Å². The SMILES string of the molecule is CCCOc1ccccc1C#CC(C)N. The Kier molecular flexibility index (Phi) is 4.73. The topological polar surface area (TPSA) is 35.2 Å². The Hall–Kier alpha value is -1.46. The summed E-state index contributed by atoms with van der Waals surface area (Å²) in [6.07, 6.45) is 0.995. The highest BCUT2D eigenvalue weighted by Gasteiger charge is 1.98. The predicted molar refractivity (Wildman–Crippen MR) is 62.8 cm³/mol. The number of para-hydroxylation sites is 1. The van der Waals surface area contributed by atoms with E-state index in [-0.39, 0.29) is 6.04 Å². The van der Waals surface area contributed by atoms with Crippen LogP contribution in [0.2, 0.25) is 0 Å². The van der Waals surface area contributed by atoms with E-state index in [1.807, 2.05) is 31.2 Å².